The standard InChI is InChI=1S/C13H18FNO5S/c1-8(16)4-5-15(3)21(19,20)12-7-10(13(17)18)6-11(14)9(12)2/h6-8,16H,4-5H2,1-3H3,(H,17,18). The number of aromatic carboxylic acids is 1. The van der Waals surface area contributed by atoms with Gasteiger partial charge in [0.05, 0.1) is 16.6 Å². The van der Waals surface area contributed by atoms with Gasteiger partial charge in [0.1, 0.15) is 5.82 Å². The van der Waals surface area contributed by atoms with Gasteiger partial charge in [-0.05, 0) is 32.4 Å². The van der Waals surface area contributed by atoms with Crippen molar-refractivity contribution < 1.29 is 27.8 Å². The Morgan fingerprint density at radius 3 is 2.48 bits per heavy atom. The molecule has 8 heteroatoms. The number of aliphatic hydroxyl groups is 1. The number of rotatable bonds is 6. The Kier molecular flexibility index (Phi) is 5.43. The van der Waals surface area contributed by atoms with Crippen LogP contribution in [0.2, 0.25) is 0 Å². The van der Waals surface area contributed by atoms with Crippen LogP contribution in [-0.4, -0.2) is 48.6 Å². The van der Waals surface area contributed by atoms with Crippen molar-refractivity contribution in [3.63, 3.8) is 0 Å². The Labute approximate surface area is 122 Å². The van der Waals surface area contributed by atoms with Crippen LogP contribution in [0.3, 0.4) is 0 Å². The second kappa shape index (κ2) is 6.50. The SMILES string of the molecule is Cc1c(F)cc(C(=O)O)cc1S(=O)(=O)N(C)CCC(C)O. The first-order valence-electron chi connectivity index (χ1n) is 6.25. The van der Waals surface area contributed by atoms with Crippen molar-refractivity contribution in [3.05, 3.63) is 29.1 Å². The van der Waals surface area contributed by atoms with Gasteiger partial charge in [0.15, 0.2) is 0 Å². The van der Waals surface area contributed by atoms with E-state index in [9.17, 15) is 22.7 Å². The monoisotopic (exact) mass is 319 g/mol. The lowest BCUT2D eigenvalue weighted by Crippen LogP contribution is -2.30. The van der Waals surface area contributed by atoms with Gasteiger partial charge in [0.2, 0.25) is 10.0 Å². The molecule has 0 heterocycles. The van der Waals surface area contributed by atoms with Gasteiger partial charge in [0, 0.05) is 19.2 Å². The molecule has 0 aliphatic heterocycles. The van der Waals surface area contributed by atoms with E-state index in [0.717, 1.165) is 16.4 Å². The van der Waals surface area contributed by atoms with E-state index in [2.05, 4.69) is 0 Å². The van der Waals surface area contributed by atoms with E-state index in [1.54, 1.807) is 0 Å². The molecule has 1 aromatic carbocycles. The van der Waals surface area contributed by atoms with Crippen LogP contribution in [0.1, 0.15) is 29.3 Å². The summed E-state index contributed by atoms with van der Waals surface area (Å²) in [6.45, 7) is 2.84. The lowest BCUT2D eigenvalue weighted by atomic mass is 10.1. The van der Waals surface area contributed by atoms with Gasteiger partial charge in [-0.2, -0.15) is 0 Å². The zero-order valence-electron chi connectivity index (χ0n) is 12.0. The summed E-state index contributed by atoms with van der Waals surface area (Å²) in [6.07, 6.45) is -0.457. The Balaban J connectivity index is 3.27. The number of hydrogen-bond acceptors (Lipinski definition) is 4. The molecule has 1 rings (SSSR count). The summed E-state index contributed by atoms with van der Waals surface area (Å²) in [4.78, 5) is 10.5. The molecule has 0 radical (unpaired) electrons. The molecule has 0 aliphatic rings. The second-order valence-electron chi connectivity index (χ2n) is 4.85. The number of carbonyl (C=O) groups is 1. The molecule has 1 unspecified atom stereocenters. The molecule has 6 nitrogen and oxygen atoms in total. The normalized spacial score (nSPS) is 13.4. The summed E-state index contributed by atoms with van der Waals surface area (Å²) in [6, 6.07) is 1.72. The van der Waals surface area contributed by atoms with Gasteiger partial charge in [-0.25, -0.2) is 21.9 Å². The van der Waals surface area contributed by atoms with Crippen LogP contribution in [-0.2, 0) is 10.0 Å². The van der Waals surface area contributed by atoms with Crippen LogP contribution >= 0.6 is 0 Å². The van der Waals surface area contributed by atoms with Crippen molar-refractivity contribution in [2.75, 3.05) is 13.6 Å². The summed E-state index contributed by atoms with van der Waals surface area (Å²) >= 11 is 0. The molecule has 2 N–H and O–H groups in total. The average Bonchev–Trinajstić information content (AvgIpc) is 2.38. The predicted octanol–water partition coefficient (Wildman–Crippen LogP) is 1.22. The molecule has 0 saturated carbocycles. The van der Waals surface area contributed by atoms with Gasteiger partial charge >= 0.3 is 5.97 Å². The predicted molar refractivity (Wildman–Crippen MR) is 74.2 cm³/mol. The quantitative estimate of drug-likeness (QED) is 0.822. The fraction of sp³-hybridized carbons (Fsp3) is 0.462. The maximum Gasteiger partial charge on any atom is 0.335 e. The molecule has 0 fully saturated rings. The highest BCUT2D eigenvalue weighted by atomic mass is 32.2. The number of hydrogen-bond donors (Lipinski definition) is 2. The lowest BCUT2D eigenvalue weighted by Gasteiger charge is -2.19. The smallest absolute Gasteiger partial charge is 0.335 e. The Hall–Kier alpha value is -1.51. The zero-order chi connectivity index (χ0) is 16.4. The number of carboxylic acids is 1. The molecule has 118 valence electrons. The van der Waals surface area contributed by atoms with E-state index in [-0.39, 0.29) is 23.4 Å². The minimum atomic E-state index is -4.02. The molecule has 0 aliphatic carbocycles. The number of carboxylic acid groups (broad SMARTS) is 1. The highest BCUT2D eigenvalue weighted by Crippen LogP contribution is 2.23. The molecule has 21 heavy (non-hydrogen) atoms. The van der Waals surface area contributed by atoms with Gasteiger partial charge < -0.3 is 10.2 Å². The maximum atomic E-state index is 13.7. The summed E-state index contributed by atoms with van der Waals surface area (Å²) in [5.74, 6) is -2.30. The fourth-order valence-electron chi connectivity index (χ4n) is 1.70. The van der Waals surface area contributed by atoms with Crippen molar-refractivity contribution in [1.82, 2.24) is 4.31 Å². The van der Waals surface area contributed by atoms with Crippen molar-refractivity contribution in [2.24, 2.45) is 0 Å². The first-order chi connectivity index (χ1) is 9.57. The number of benzene rings is 1. The van der Waals surface area contributed by atoms with E-state index < -0.39 is 33.5 Å². The molecule has 0 amide bonds. The Bertz CT molecular complexity index is 642. The van der Waals surface area contributed by atoms with Crippen molar-refractivity contribution in [3.8, 4) is 0 Å². The molecule has 0 spiro atoms. The first kappa shape index (κ1) is 17.5. The maximum absolute atomic E-state index is 13.7. The molecular weight excluding hydrogens is 301 g/mol. The molecular formula is C13H18FNO5S. The zero-order valence-corrected chi connectivity index (χ0v) is 12.8. The first-order valence-corrected chi connectivity index (χ1v) is 7.69. The Morgan fingerprint density at radius 1 is 1.43 bits per heavy atom. The van der Waals surface area contributed by atoms with E-state index in [1.165, 1.54) is 20.9 Å². The van der Waals surface area contributed by atoms with Crippen LogP contribution in [0.25, 0.3) is 0 Å². The van der Waals surface area contributed by atoms with Crippen molar-refractivity contribution in [1.29, 1.82) is 0 Å². The van der Waals surface area contributed by atoms with E-state index in [1.807, 2.05) is 0 Å². The molecule has 0 bridgehead atoms. The third kappa shape index (κ3) is 3.99. The molecule has 0 aromatic heterocycles. The summed E-state index contributed by atoms with van der Waals surface area (Å²) in [7, 11) is -2.73. The van der Waals surface area contributed by atoms with Crippen LogP contribution in [0, 0.1) is 12.7 Å². The summed E-state index contributed by atoms with van der Waals surface area (Å²) < 4.78 is 39.4. The second-order valence-corrected chi connectivity index (χ2v) is 6.86. The minimum Gasteiger partial charge on any atom is -0.478 e. The fourth-order valence-corrected chi connectivity index (χ4v) is 3.14. The lowest BCUT2D eigenvalue weighted by molar-refractivity contribution is 0.0696. The highest BCUT2D eigenvalue weighted by Gasteiger charge is 2.26. The van der Waals surface area contributed by atoms with Gasteiger partial charge in [-0.3, -0.25) is 0 Å². The molecule has 1 aromatic rings. The number of nitrogens with zero attached hydrogens (tertiary/aromatic N) is 1. The van der Waals surface area contributed by atoms with Crippen molar-refractivity contribution >= 4 is 16.0 Å². The molecule has 1 atom stereocenters. The van der Waals surface area contributed by atoms with E-state index in [4.69, 9.17) is 5.11 Å². The topological polar surface area (TPSA) is 94.9 Å². The number of sulfonamides is 1. The van der Waals surface area contributed by atoms with Crippen LogP contribution < -0.4 is 0 Å². The van der Waals surface area contributed by atoms with E-state index >= 15 is 0 Å². The molecule has 0 saturated heterocycles. The van der Waals surface area contributed by atoms with Gasteiger partial charge in [-0.15, -0.1) is 0 Å². The summed E-state index contributed by atoms with van der Waals surface area (Å²) in [5.41, 5.74) is -0.565. The number of halogens is 1. The largest absolute Gasteiger partial charge is 0.478 e. The summed E-state index contributed by atoms with van der Waals surface area (Å²) in [5, 5.41) is 18.1. The van der Waals surface area contributed by atoms with Crippen molar-refractivity contribution in [2.45, 2.75) is 31.3 Å². The highest BCUT2D eigenvalue weighted by molar-refractivity contribution is 7.89. The van der Waals surface area contributed by atoms with Gasteiger partial charge in [0.25, 0.3) is 0 Å². The van der Waals surface area contributed by atoms with Gasteiger partial charge in [-0.1, -0.05) is 0 Å². The minimum absolute atomic E-state index is 0.0400. The van der Waals surface area contributed by atoms with E-state index in [0.29, 0.717) is 0 Å². The van der Waals surface area contributed by atoms with Crippen LogP contribution in [0.4, 0.5) is 4.39 Å². The van der Waals surface area contributed by atoms with Crippen LogP contribution in [0.5, 0.6) is 0 Å². The average molecular weight is 319 g/mol. The van der Waals surface area contributed by atoms with Crippen LogP contribution in [0.15, 0.2) is 17.0 Å². The number of aliphatic hydroxyl groups excluding tert-OH is 1. The third-order valence-electron chi connectivity index (χ3n) is 3.09. The third-order valence-corrected chi connectivity index (χ3v) is 5.08. The Morgan fingerprint density at radius 2 is 2.00 bits per heavy atom.